The molecule has 64 heavy (non-hydrogen) atoms. The molecule has 0 saturated heterocycles. The highest BCUT2D eigenvalue weighted by molar-refractivity contribution is 7.26. The number of hydrogen-bond donors (Lipinski definition) is 0. The van der Waals surface area contributed by atoms with Gasteiger partial charge in [0.2, 0.25) is 0 Å². The summed E-state index contributed by atoms with van der Waals surface area (Å²) in [5.41, 5.74) is 17.6. The Hall–Kier alpha value is -6.67. The number of rotatable bonds is 2. The van der Waals surface area contributed by atoms with E-state index in [9.17, 15) is 0 Å². The predicted molar refractivity (Wildman–Crippen MR) is 276 cm³/mol. The van der Waals surface area contributed by atoms with Crippen LogP contribution in [0.5, 0.6) is 0 Å². The first kappa shape index (κ1) is 36.8. The summed E-state index contributed by atoms with van der Waals surface area (Å²) in [4.78, 5) is 8.05. The standard InChI is InChI=1S/C57H42BN3OS2/c1-56(2,3)32-20-23-34(24-21-32)61-43-27-37-35-16-11-13-19-46(35)63-47(37)28-39(43)51-52-53-49(50-36-17-10-12-18-45(36)62-54(50)51)38-26-33(57(4,5)6)22-25-42(38)60(53)44-30-48-41(29-40(44)58(52)61)59-55(64-48)31-14-8-7-9-15-31/h7-30H,1-6H3. The topological polar surface area (TPSA) is 34.2 Å². The molecule has 0 unspecified atom stereocenters. The molecule has 0 N–H and O–H groups in total. The van der Waals surface area contributed by atoms with Gasteiger partial charge in [-0.15, -0.1) is 22.7 Å². The number of benzene rings is 8. The number of anilines is 2. The van der Waals surface area contributed by atoms with E-state index in [0.29, 0.717) is 0 Å². The van der Waals surface area contributed by atoms with Crippen LogP contribution in [0.1, 0.15) is 52.7 Å². The summed E-state index contributed by atoms with van der Waals surface area (Å²) in [5, 5.41) is 8.47. The molecule has 7 heteroatoms. The normalized spacial score (nSPS) is 13.7. The van der Waals surface area contributed by atoms with Crippen LogP contribution in [0.4, 0.5) is 11.4 Å². The summed E-state index contributed by atoms with van der Waals surface area (Å²) in [6.07, 6.45) is 0. The van der Waals surface area contributed by atoms with Crippen LogP contribution in [0, 0.1) is 0 Å². The van der Waals surface area contributed by atoms with E-state index >= 15 is 0 Å². The highest BCUT2D eigenvalue weighted by Crippen LogP contribution is 2.53. The van der Waals surface area contributed by atoms with Crippen molar-refractivity contribution in [3.63, 3.8) is 0 Å². The van der Waals surface area contributed by atoms with Gasteiger partial charge in [-0.25, -0.2) is 4.98 Å². The van der Waals surface area contributed by atoms with Crippen molar-refractivity contribution < 1.29 is 4.42 Å². The third-order valence-electron chi connectivity index (χ3n) is 14.1. The summed E-state index contributed by atoms with van der Waals surface area (Å²) >= 11 is 3.66. The van der Waals surface area contributed by atoms with Gasteiger partial charge < -0.3 is 13.8 Å². The fraction of sp³-hybridized carbons (Fsp3) is 0.140. The first-order valence-corrected chi connectivity index (χ1v) is 23.9. The zero-order valence-corrected chi connectivity index (χ0v) is 38.1. The van der Waals surface area contributed by atoms with Gasteiger partial charge >= 0.3 is 6.85 Å². The Kier molecular flexibility index (Phi) is 7.20. The molecule has 0 radical (unpaired) electrons. The Morgan fingerprint density at radius 1 is 0.578 bits per heavy atom. The zero-order chi connectivity index (χ0) is 43.0. The number of nitrogens with zero attached hydrogens (tertiary/aromatic N) is 3. The first-order valence-electron chi connectivity index (χ1n) is 22.3. The second kappa shape index (κ2) is 12.5. The van der Waals surface area contributed by atoms with Crippen LogP contribution in [0.25, 0.3) is 102 Å². The number of fused-ring (bicyclic) bond motifs is 17. The molecule has 0 fully saturated rings. The number of furan rings is 1. The summed E-state index contributed by atoms with van der Waals surface area (Å²) in [6.45, 7) is 13.7. The van der Waals surface area contributed by atoms with Gasteiger partial charge in [-0.3, -0.25) is 0 Å². The molecule has 4 nitrogen and oxygen atoms in total. The Bertz CT molecular complexity index is 3990. The van der Waals surface area contributed by atoms with E-state index in [-0.39, 0.29) is 17.7 Å². The lowest BCUT2D eigenvalue weighted by molar-refractivity contribution is 0.590. The molecule has 306 valence electrons. The van der Waals surface area contributed by atoms with Crippen LogP contribution in [0.15, 0.2) is 150 Å². The number of aromatic nitrogens is 2. The van der Waals surface area contributed by atoms with Crippen molar-refractivity contribution in [3.8, 4) is 27.4 Å². The minimum absolute atomic E-state index is 0.0166. The van der Waals surface area contributed by atoms with Crippen molar-refractivity contribution in [1.82, 2.24) is 9.55 Å². The minimum atomic E-state index is -0.189. The van der Waals surface area contributed by atoms with E-state index in [4.69, 9.17) is 9.40 Å². The maximum absolute atomic E-state index is 7.28. The van der Waals surface area contributed by atoms with Gasteiger partial charge in [-0.05, 0) is 93.5 Å². The Morgan fingerprint density at radius 2 is 1.31 bits per heavy atom. The molecule has 2 aliphatic heterocycles. The first-order chi connectivity index (χ1) is 31.0. The molecule has 8 aromatic carbocycles. The Labute approximate surface area is 379 Å². The van der Waals surface area contributed by atoms with Gasteiger partial charge in [-0.2, -0.15) is 0 Å². The van der Waals surface area contributed by atoms with E-state index in [0.717, 1.165) is 38.3 Å². The monoisotopic (exact) mass is 859 g/mol. The van der Waals surface area contributed by atoms with Crippen molar-refractivity contribution in [2.24, 2.45) is 0 Å². The van der Waals surface area contributed by atoms with Crippen LogP contribution < -0.4 is 15.7 Å². The largest absolute Gasteiger partial charge is 0.455 e. The smallest absolute Gasteiger partial charge is 0.333 e. The second-order valence-electron chi connectivity index (χ2n) is 19.9. The second-order valence-corrected chi connectivity index (χ2v) is 22.0. The molecule has 0 amide bonds. The molecule has 4 aromatic heterocycles. The van der Waals surface area contributed by atoms with Gasteiger partial charge in [0.25, 0.3) is 0 Å². The third-order valence-corrected chi connectivity index (χ3v) is 16.3. The van der Waals surface area contributed by atoms with Gasteiger partial charge in [-0.1, -0.05) is 126 Å². The average molecular weight is 860 g/mol. The fourth-order valence-electron chi connectivity index (χ4n) is 11.0. The van der Waals surface area contributed by atoms with Crippen molar-refractivity contribution >= 4 is 126 Å². The maximum Gasteiger partial charge on any atom is 0.333 e. The molecule has 0 spiro atoms. The summed E-state index contributed by atoms with van der Waals surface area (Å²) in [5.74, 6) is 0. The highest BCUT2D eigenvalue weighted by Gasteiger charge is 2.46. The highest BCUT2D eigenvalue weighted by atomic mass is 32.1. The lowest BCUT2D eigenvalue weighted by Crippen LogP contribution is -2.60. The summed E-state index contributed by atoms with van der Waals surface area (Å²) in [7, 11) is 0. The van der Waals surface area contributed by atoms with Crippen molar-refractivity contribution in [2.75, 3.05) is 4.81 Å². The Balaban J connectivity index is 1.21. The summed E-state index contributed by atoms with van der Waals surface area (Å²) < 4.78 is 13.6. The number of hydrogen-bond acceptors (Lipinski definition) is 5. The summed E-state index contributed by atoms with van der Waals surface area (Å²) in [6, 6.07) is 54.6. The van der Waals surface area contributed by atoms with Crippen LogP contribution in [-0.4, -0.2) is 16.4 Å². The molecule has 12 aromatic rings. The number of para-hydroxylation sites is 1. The average Bonchev–Trinajstić information content (AvgIpc) is 4.07. The number of thiazole rings is 1. The lowest BCUT2D eigenvalue weighted by atomic mass is 9.43. The molecule has 0 bridgehead atoms. The van der Waals surface area contributed by atoms with E-state index in [1.807, 2.05) is 11.3 Å². The fourth-order valence-corrected chi connectivity index (χ4v) is 13.1. The van der Waals surface area contributed by atoms with Crippen LogP contribution >= 0.6 is 22.7 Å². The van der Waals surface area contributed by atoms with Crippen LogP contribution in [0.2, 0.25) is 0 Å². The maximum atomic E-state index is 7.28. The predicted octanol–water partition coefficient (Wildman–Crippen LogP) is 15.2. The van der Waals surface area contributed by atoms with Crippen LogP contribution in [0.3, 0.4) is 0 Å². The number of thiophene rings is 1. The molecule has 2 aliphatic rings. The molecule has 14 rings (SSSR count). The van der Waals surface area contributed by atoms with Crippen molar-refractivity contribution in [3.05, 3.63) is 157 Å². The molecule has 0 saturated carbocycles. The van der Waals surface area contributed by atoms with Gasteiger partial charge in [0, 0.05) is 75.5 Å². The molecular formula is C57H42BN3OS2. The van der Waals surface area contributed by atoms with Gasteiger partial charge in [0.1, 0.15) is 16.2 Å². The molecular weight excluding hydrogens is 818 g/mol. The third kappa shape index (κ3) is 4.91. The zero-order valence-electron chi connectivity index (χ0n) is 36.5. The van der Waals surface area contributed by atoms with Gasteiger partial charge in [0.05, 0.1) is 21.3 Å². The van der Waals surface area contributed by atoms with Crippen molar-refractivity contribution in [2.45, 2.75) is 52.4 Å². The van der Waals surface area contributed by atoms with E-state index in [1.54, 1.807) is 11.3 Å². The van der Waals surface area contributed by atoms with E-state index in [2.05, 4.69) is 197 Å². The quantitative estimate of drug-likeness (QED) is 0.162. The molecule has 0 atom stereocenters. The molecule has 0 aliphatic carbocycles. The van der Waals surface area contributed by atoms with Crippen LogP contribution in [-0.2, 0) is 10.8 Å². The van der Waals surface area contributed by atoms with Gasteiger partial charge in [0.15, 0.2) is 0 Å². The lowest BCUT2D eigenvalue weighted by Gasteiger charge is -2.42. The SMILES string of the molecule is CC(C)(C)c1ccc(N2B3c4cc5nc(-c6ccccc6)sc5cc4-n4c5ccc(C(C)(C)C)cc5c5c6c(oc7ccccc76)c(c3c54)-c3cc4sc5ccccc5c4cc32)cc1. The minimum Gasteiger partial charge on any atom is -0.455 e. The Morgan fingerprint density at radius 3 is 2.11 bits per heavy atom. The molecule has 6 heterocycles. The van der Waals surface area contributed by atoms with Crippen molar-refractivity contribution in [1.29, 1.82) is 0 Å². The van der Waals surface area contributed by atoms with E-state index < -0.39 is 0 Å². The van der Waals surface area contributed by atoms with E-state index in [1.165, 1.54) is 96.6 Å².